The summed E-state index contributed by atoms with van der Waals surface area (Å²) in [6.45, 7) is 3.63. The van der Waals surface area contributed by atoms with Gasteiger partial charge in [-0.2, -0.15) is 0 Å². The number of aromatic amines is 1. The highest BCUT2D eigenvalue weighted by molar-refractivity contribution is 5.86. The SMILES string of the molecule is Cl.Cl.N[C@@H](Cc1c[nH]c2ccccc12)C(=O)N1CCN(C2CCC2)CC1. The van der Waals surface area contributed by atoms with Crippen LogP contribution in [0.4, 0.5) is 0 Å². The average Bonchev–Trinajstić information content (AvgIpc) is 2.96. The van der Waals surface area contributed by atoms with Crippen molar-refractivity contribution in [1.82, 2.24) is 14.8 Å². The minimum atomic E-state index is -0.459. The maximum absolute atomic E-state index is 12.7. The van der Waals surface area contributed by atoms with Crippen LogP contribution in [0.5, 0.6) is 0 Å². The molecule has 0 spiro atoms. The molecule has 2 aliphatic rings. The highest BCUT2D eigenvalue weighted by Crippen LogP contribution is 2.25. The fraction of sp³-hybridized carbons (Fsp3) is 0.526. The molecule has 1 saturated carbocycles. The number of piperazine rings is 1. The Morgan fingerprint density at radius 2 is 1.85 bits per heavy atom. The number of hydrogen-bond acceptors (Lipinski definition) is 3. The van der Waals surface area contributed by atoms with E-state index in [-0.39, 0.29) is 30.7 Å². The molecule has 3 N–H and O–H groups in total. The molecule has 1 saturated heterocycles. The van der Waals surface area contributed by atoms with Crippen molar-refractivity contribution in [2.75, 3.05) is 26.2 Å². The third-order valence-electron chi connectivity index (χ3n) is 5.65. The number of aromatic nitrogens is 1. The Morgan fingerprint density at radius 3 is 2.50 bits per heavy atom. The molecule has 4 rings (SSSR count). The summed E-state index contributed by atoms with van der Waals surface area (Å²) in [6.07, 6.45) is 6.58. The average molecular weight is 399 g/mol. The molecule has 5 nitrogen and oxygen atoms in total. The number of carbonyl (C=O) groups is 1. The normalized spacial score (nSPS) is 19.3. The largest absolute Gasteiger partial charge is 0.361 e. The van der Waals surface area contributed by atoms with Crippen LogP contribution in [0.15, 0.2) is 30.5 Å². The van der Waals surface area contributed by atoms with Gasteiger partial charge in [0.1, 0.15) is 0 Å². The molecule has 26 heavy (non-hydrogen) atoms. The number of amides is 1. The highest BCUT2D eigenvalue weighted by atomic mass is 35.5. The Bertz CT molecular complexity index is 723. The van der Waals surface area contributed by atoms with E-state index in [0.717, 1.165) is 48.7 Å². The second kappa shape index (κ2) is 9.09. The second-order valence-corrected chi connectivity index (χ2v) is 7.12. The van der Waals surface area contributed by atoms with Gasteiger partial charge in [-0.05, 0) is 30.9 Å². The van der Waals surface area contributed by atoms with Gasteiger partial charge >= 0.3 is 0 Å². The van der Waals surface area contributed by atoms with E-state index in [1.807, 2.05) is 29.3 Å². The molecule has 7 heteroatoms. The third-order valence-corrected chi connectivity index (χ3v) is 5.65. The van der Waals surface area contributed by atoms with E-state index in [2.05, 4.69) is 16.0 Å². The summed E-state index contributed by atoms with van der Waals surface area (Å²) in [6, 6.07) is 8.46. The van der Waals surface area contributed by atoms with Crippen LogP contribution >= 0.6 is 24.8 Å². The third kappa shape index (κ3) is 4.17. The fourth-order valence-electron chi connectivity index (χ4n) is 3.92. The number of rotatable bonds is 4. The van der Waals surface area contributed by atoms with E-state index in [1.54, 1.807) is 0 Å². The van der Waals surface area contributed by atoms with E-state index in [4.69, 9.17) is 5.73 Å². The first-order valence-electron chi connectivity index (χ1n) is 9.06. The second-order valence-electron chi connectivity index (χ2n) is 7.12. The van der Waals surface area contributed by atoms with Crippen molar-refractivity contribution in [1.29, 1.82) is 0 Å². The van der Waals surface area contributed by atoms with Crippen LogP contribution in [0.3, 0.4) is 0 Å². The number of nitrogens with one attached hydrogen (secondary N) is 1. The van der Waals surface area contributed by atoms with Gasteiger partial charge < -0.3 is 15.6 Å². The van der Waals surface area contributed by atoms with E-state index in [0.29, 0.717) is 6.42 Å². The zero-order valence-corrected chi connectivity index (χ0v) is 16.5. The summed E-state index contributed by atoms with van der Waals surface area (Å²) >= 11 is 0. The first-order chi connectivity index (χ1) is 11.7. The van der Waals surface area contributed by atoms with Crippen molar-refractivity contribution in [2.24, 2.45) is 5.73 Å². The summed E-state index contributed by atoms with van der Waals surface area (Å²) in [4.78, 5) is 20.4. The van der Waals surface area contributed by atoms with Crippen LogP contribution in [0, 0.1) is 0 Å². The van der Waals surface area contributed by atoms with Gasteiger partial charge in [-0.3, -0.25) is 9.69 Å². The summed E-state index contributed by atoms with van der Waals surface area (Å²) < 4.78 is 0. The predicted octanol–water partition coefficient (Wildman–Crippen LogP) is 2.58. The molecular weight excluding hydrogens is 371 g/mol. The summed E-state index contributed by atoms with van der Waals surface area (Å²) in [7, 11) is 0. The predicted molar refractivity (Wildman–Crippen MR) is 110 cm³/mol. The smallest absolute Gasteiger partial charge is 0.239 e. The molecular formula is C19H28Cl2N4O. The molecule has 1 aliphatic heterocycles. The molecule has 2 aromatic rings. The molecule has 1 aromatic carbocycles. The van der Waals surface area contributed by atoms with E-state index < -0.39 is 6.04 Å². The van der Waals surface area contributed by atoms with Crippen LogP contribution in [0.1, 0.15) is 24.8 Å². The van der Waals surface area contributed by atoms with Gasteiger partial charge in [-0.25, -0.2) is 0 Å². The first-order valence-corrected chi connectivity index (χ1v) is 9.06. The van der Waals surface area contributed by atoms with Crippen molar-refractivity contribution < 1.29 is 4.79 Å². The number of carbonyl (C=O) groups excluding carboxylic acids is 1. The zero-order valence-electron chi connectivity index (χ0n) is 14.9. The van der Waals surface area contributed by atoms with Gasteiger partial charge in [0.15, 0.2) is 0 Å². The number of H-pyrrole nitrogens is 1. The van der Waals surface area contributed by atoms with Crippen molar-refractivity contribution in [3.05, 3.63) is 36.0 Å². The number of hydrogen-bond donors (Lipinski definition) is 2. The van der Waals surface area contributed by atoms with Gasteiger partial charge in [-0.15, -0.1) is 24.8 Å². The number of benzene rings is 1. The minimum Gasteiger partial charge on any atom is -0.361 e. The van der Waals surface area contributed by atoms with Gasteiger partial charge in [0.2, 0.25) is 5.91 Å². The first kappa shape index (κ1) is 21.0. The van der Waals surface area contributed by atoms with Crippen LogP contribution in [-0.2, 0) is 11.2 Å². The van der Waals surface area contributed by atoms with E-state index in [1.165, 1.54) is 19.3 Å². The van der Waals surface area contributed by atoms with Gasteiger partial charge in [-0.1, -0.05) is 24.6 Å². The topological polar surface area (TPSA) is 65.4 Å². The molecule has 1 aliphatic carbocycles. The molecule has 1 atom stereocenters. The highest BCUT2D eigenvalue weighted by Gasteiger charge is 2.30. The standard InChI is InChI=1S/C19H26N4O.2ClH/c20-17(12-14-13-21-18-7-2-1-6-16(14)18)19(24)23-10-8-22(9-11-23)15-4-3-5-15;;/h1-2,6-7,13,15,17,21H,3-5,8-12,20H2;2*1H/t17-;;/m0../s1. The molecule has 0 unspecified atom stereocenters. The maximum atomic E-state index is 12.7. The quantitative estimate of drug-likeness (QED) is 0.831. The lowest BCUT2D eigenvalue weighted by atomic mass is 9.91. The maximum Gasteiger partial charge on any atom is 0.239 e. The Morgan fingerprint density at radius 1 is 1.15 bits per heavy atom. The molecule has 1 aromatic heterocycles. The summed E-state index contributed by atoms with van der Waals surface area (Å²) in [5.41, 5.74) is 8.47. The Balaban J connectivity index is 0.00000121. The monoisotopic (exact) mass is 398 g/mol. The molecule has 0 bridgehead atoms. The number of para-hydroxylation sites is 1. The van der Waals surface area contributed by atoms with Gasteiger partial charge in [0.05, 0.1) is 6.04 Å². The Kier molecular flexibility index (Phi) is 7.35. The molecule has 0 radical (unpaired) electrons. The van der Waals surface area contributed by atoms with Gasteiger partial charge in [0.25, 0.3) is 0 Å². The molecule has 1 amide bonds. The lowest BCUT2D eigenvalue weighted by Gasteiger charge is -2.43. The van der Waals surface area contributed by atoms with Crippen molar-refractivity contribution >= 4 is 41.6 Å². The number of nitrogens with two attached hydrogens (primary N) is 1. The van der Waals surface area contributed by atoms with Crippen LogP contribution in [0.2, 0.25) is 0 Å². The van der Waals surface area contributed by atoms with Crippen LogP contribution in [-0.4, -0.2) is 59.0 Å². The minimum absolute atomic E-state index is 0. The zero-order chi connectivity index (χ0) is 16.5. The Labute approximate surface area is 167 Å². The number of nitrogens with zero attached hydrogens (tertiary/aromatic N) is 2. The lowest BCUT2D eigenvalue weighted by Crippen LogP contribution is -2.56. The van der Waals surface area contributed by atoms with Crippen LogP contribution < -0.4 is 5.73 Å². The lowest BCUT2D eigenvalue weighted by molar-refractivity contribution is -0.134. The summed E-state index contributed by atoms with van der Waals surface area (Å²) in [5.74, 6) is 0.0912. The van der Waals surface area contributed by atoms with Crippen LogP contribution in [0.25, 0.3) is 10.9 Å². The Hall–Kier alpha value is -1.27. The van der Waals surface area contributed by atoms with Crippen molar-refractivity contribution in [2.45, 2.75) is 37.8 Å². The van der Waals surface area contributed by atoms with Crippen molar-refractivity contribution in [3.63, 3.8) is 0 Å². The fourth-order valence-corrected chi connectivity index (χ4v) is 3.92. The molecule has 2 heterocycles. The number of fused-ring (bicyclic) bond motifs is 1. The van der Waals surface area contributed by atoms with Gasteiger partial charge in [0, 0.05) is 49.3 Å². The summed E-state index contributed by atoms with van der Waals surface area (Å²) in [5, 5.41) is 1.16. The van der Waals surface area contributed by atoms with E-state index >= 15 is 0 Å². The number of halogens is 2. The molecule has 144 valence electrons. The molecule has 2 fully saturated rings. The van der Waals surface area contributed by atoms with Crippen molar-refractivity contribution in [3.8, 4) is 0 Å². The van der Waals surface area contributed by atoms with E-state index in [9.17, 15) is 4.79 Å².